The van der Waals surface area contributed by atoms with E-state index >= 15 is 0 Å². The van der Waals surface area contributed by atoms with E-state index in [4.69, 9.17) is 30.5 Å². The third-order valence-electron chi connectivity index (χ3n) is 6.54. The van der Waals surface area contributed by atoms with Gasteiger partial charge in [-0.25, -0.2) is 9.37 Å². The molecule has 0 saturated heterocycles. The van der Waals surface area contributed by atoms with Crippen molar-refractivity contribution in [3.8, 4) is 23.1 Å². The lowest BCUT2D eigenvalue weighted by molar-refractivity contribution is -0.118. The van der Waals surface area contributed by atoms with Gasteiger partial charge in [0.05, 0.1) is 24.2 Å². The van der Waals surface area contributed by atoms with Gasteiger partial charge in [0.25, 0.3) is 11.5 Å². The van der Waals surface area contributed by atoms with E-state index in [1.54, 1.807) is 42.5 Å². The summed E-state index contributed by atoms with van der Waals surface area (Å²) in [6.45, 7) is -0.425. The first-order chi connectivity index (χ1) is 21.3. The van der Waals surface area contributed by atoms with Gasteiger partial charge in [0.2, 0.25) is 5.82 Å². The number of rotatable bonds is 8. The number of amides is 1. The van der Waals surface area contributed by atoms with Gasteiger partial charge >= 0.3 is 0 Å². The van der Waals surface area contributed by atoms with Gasteiger partial charge in [-0.2, -0.15) is 9.78 Å². The molecule has 0 spiro atoms. The fourth-order valence-corrected chi connectivity index (χ4v) is 5.14. The highest BCUT2D eigenvalue weighted by Gasteiger charge is 2.20. The van der Waals surface area contributed by atoms with Crippen LogP contribution in [0.4, 0.5) is 10.1 Å². The predicted octanol–water partition coefficient (Wildman–Crippen LogP) is 7.27. The number of ether oxygens (including phenoxy) is 2. The lowest BCUT2D eigenvalue weighted by Gasteiger charge is -2.15. The van der Waals surface area contributed by atoms with Crippen molar-refractivity contribution in [3.05, 3.63) is 116 Å². The molecular formula is C32H21BrClFN4O5. The Hall–Kier alpha value is -5.00. The van der Waals surface area contributed by atoms with E-state index in [0.717, 1.165) is 10.1 Å². The highest BCUT2D eigenvalue weighted by atomic mass is 79.9. The molecule has 1 N–H and O–H groups in total. The van der Waals surface area contributed by atoms with Gasteiger partial charge in [-0.05, 0) is 64.5 Å². The van der Waals surface area contributed by atoms with Crippen LogP contribution in [0.15, 0.2) is 104 Å². The molecule has 0 unspecified atom stereocenters. The molecule has 9 nitrogen and oxygen atoms in total. The molecule has 0 aliphatic carbocycles. The van der Waals surface area contributed by atoms with Crippen LogP contribution in [0.3, 0.4) is 0 Å². The van der Waals surface area contributed by atoms with Crippen LogP contribution in [-0.4, -0.2) is 35.5 Å². The fourth-order valence-electron chi connectivity index (χ4n) is 4.49. The highest BCUT2D eigenvalue weighted by molar-refractivity contribution is 9.10. The van der Waals surface area contributed by atoms with Gasteiger partial charge in [0.15, 0.2) is 23.9 Å². The second kappa shape index (κ2) is 12.3. The van der Waals surface area contributed by atoms with Gasteiger partial charge in [0, 0.05) is 21.1 Å². The Morgan fingerprint density at radius 2 is 1.91 bits per heavy atom. The van der Waals surface area contributed by atoms with Gasteiger partial charge < -0.3 is 19.2 Å². The van der Waals surface area contributed by atoms with Gasteiger partial charge in [-0.15, -0.1) is 0 Å². The van der Waals surface area contributed by atoms with E-state index in [-0.39, 0.29) is 28.0 Å². The molecule has 0 bridgehead atoms. The third-order valence-corrected chi connectivity index (χ3v) is 7.99. The molecule has 0 atom stereocenters. The predicted molar refractivity (Wildman–Crippen MR) is 170 cm³/mol. The first-order valence-electron chi connectivity index (χ1n) is 13.1. The average molecular weight is 676 g/mol. The summed E-state index contributed by atoms with van der Waals surface area (Å²) in [4.78, 5) is 30.7. The smallest absolute Gasteiger partial charge is 0.282 e. The van der Waals surface area contributed by atoms with E-state index < -0.39 is 23.9 Å². The maximum Gasteiger partial charge on any atom is 0.282 e. The zero-order chi connectivity index (χ0) is 30.8. The zero-order valence-electron chi connectivity index (χ0n) is 22.9. The van der Waals surface area contributed by atoms with Crippen molar-refractivity contribution < 1.29 is 23.1 Å². The van der Waals surface area contributed by atoms with Crippen LogP contribution in [-0.2, 0) is 4.79 Å². The Labute approximate surface area is 262 Å². The Morgan fingerprint density at radius 3 is 2.70 bits per heavy atom. The number of hydrogen-bond acceptors (Lipinski definition) is 7. The summed E-state index contributed by atoms with van der Waals surface area (Å²) in [5.74, 6) is -0.140. The van der Waals surface area contributed by atoms with Gasteiger partial charge in [-0.3, -0.25) is 9.59 Å². The Morgan fingerprint density at radius 1 is 1.11 bits per heavy atom. The van der Waals surface area contributed by atoms with Crippen molar-refractivity contribution in [1.29, 1.82) is 0 Å². The molecule has 12 heteroatoms. The molecule has 1 amide bonds. The number of methoxy groups -OCH3 is 1. The zero-order valence-corrected chi connectivity index (χ0v) is 25.2. The van der Waals surface area contributed by atoms with Crippen LogP contribution in [0, 0.1) is 5.82 Å². The summed E-state index contributed by atoms with van der Waals surface area (Å²) in [5, 5.41) is 8.36. The van der Waals surface area contributed by atoms with Crippen molar-refractivity contribution in [3.63, 3.8) is 0 Å². The van der Waals surface area contributed by atoms with E-state index in [0.29, 0.717) is 32.3 Å². The first kappa shape index (κ1) is 29.1. The molecule has 2 aromatic heterocycles. The number of benzene rings is 4. The number of aromatic nitrogens is 2. The van der Waals surface area contributed by atoms with Crippen molar-refractivity contribution in [1.82, 2.24) is 9.66 Å². The number of hydrogen-bond donors (Lipinski definition) is 1. The van der Waals surface area contributed by atoms with Crippen molar-refractivity contribution in [2.75, 3.05) is 19.0 Å². The van der Waals surface area contributed by atoms with Crippen LogP contribution >= 0.6 is 27.5 Å². The molecule has 2 heterocycles. The number of nitrogens with zero attached hydrogens (tertiary/aromatic N) is 3. The van der Waals surface area contributed by atoms with E-state index in [1.165, 1.54) is 31.5 Å². The molecule has 44 heavy (non-hydrogen) atoms. The number of carbonyl (C=O) groups excluding carboxylic acids is 1. The monoisotopic (exact) mass is 674 g/mol. The topological polar surface area (TPSA) is 108 Å². The number of para-hydroxylation sites is 2. The minimum Gasteiger partial charge on any atom is -0.493 e. The quantitative estimate of drug-likeness (QED) is 0.170. The summed E-state index contributed by atoms with van der Waals surface area (Å²) < 4.78 is 32.2. The molecule has 220 valence electrons. The summed E-state index contributed by atoms with van der Waals surface area (Å²) in [7, 11) is 1.41. The number of furan rings is 1. The second-order valence-corrected chi connectivity index (χ2v) is 10.6. The number of anilines is 1. The van der Waals surface area contributed by atoms with E-state index in [9.17, 15) is 14.0 Å². The summed E-state index contributed by atoms with van der Waals surface area (Å²) in [6, 6.07) is 23.3. The fraction of sp³-hybridized carbons (Fsp3) is 0.0625. The molecule has 0 aliphatic rings. The van der Waals surface area contributed by atoms with Crippen LogP contribution in [0.5, 0.6) is 11.5 Å². The van der Waals surface area contributed by atoms with Gasteiger partial charge in [-0.1, -0.05) is 48.0 Å². The number of nitrogens with one attached hydrogen (secondary N) is 1. The van der Waals surface area contributed by atoms with E-state index in [1.807, 2.05) is 24.3 Å². The molecule has 0 radical (unpaired) electrons. The molecule has 0 fully saturated rings. The maximum absolute atomic E-state index is 13.6. The number of halogens is 3. The Balaban J connectivity index is 1.34. The molecule has 0 aliphatic heterocycles. The van der Waals surface area contributed by atoms with Crippen LogP contribution < -0.4 is 20.3 Å². The number of fused-ring (bicyclic) bond motifs is 2. The molecule has 0 saturated carbocycles. The first-order valence-corrected chi connectivity index (χ1v) is 14.3. The van der Waals surface area contributed by atoms with Crippen LogP contribution in [0.1, 0.15) is 5.56 Å². The molecule has 6 rings (SSSR count). The highest BCUT2D eigenvalue weighted by Crippen LogP contribution is 2.42. The summed E-state index contributed by atoms with van der Waals surface area (Å²) >= 11 is 10.1. The lowest BCUT2D eigenvalue weighted by atomic mass is 10.2. The maximum atomic E-state index is 13.6. The molecule has 4 aromatic carbocycles. The van der Waals surface area contributed by atoms with Crippen LogP contribution in [0.25, 0.3) is 33.5 Å². The van der Waals surface area contributed by atoms with E-state index in [2.05, 4.69) is 26.3 Å². The number of carbonyl (C=O) groups is 1. The Kier molecular flexibility index (Phi) is 8.14. The summed E-state index contributed by atoms with van der Waals surface area (Å²) in [6.07, 6.45) is 1.42. The largest absolute Gasteiger partial charge is 0.493 e. The van der Waals surface area contributed by atoms with Crippen LogP contribution in [0.2, 0.25) is 5.02 Å². The molecular weight excluding hydrogens is 655 g/mol. The second-order valence-electron chi connectivity index (χ2n) is 9.43. The molecule has 6 aromatic rings. The third kappa shape index (κ3) is 5.79. The minimum absolute atomic E-state index is 0.0973. The normalized spacial score (nSPS) is 11.4. The SMILES string of the molecule is COc1cc(C=Nn2c(-c3cc4ccccc4o3)nc3ccccc3c2=O)c(Br)c(Cl)c1OCC(=O)Nc1cccc(F)c1. The summed E-state index contributed by atoms with van der Waals surface area (Å²) in [5.41, 5.74) is 1.46. The Bertz CT molecular complexity index is 2110. The average Bonchev–Trinajstić information content (AvgIpc) is 3.46. The van der Waals surface area contributed by atoms with Crippen molar-refractivity contribution >= 4 is 67.2 Å². The lowest BCUT2D eigenvalue weighted by Crippen LogP contribution is -2.20. The standard InChI is InChI=1S/C32H21BrClFN4O5/c1-42-25-14-19(28(33)29(34)30(25)43-17-27(40)37-21-9-6-8-20(35)15-21)16-36-39-31(26-13-18-7-2-5-12-24(18)44-26)38-23-11-4-3-10-22(23)32(39)41/h2-16H,17H2,1H3,(H,37,40). The van der Waals surface area contributed by atoms with Gasteiger partial charge in [0.1, 0.15) is 16.4 Å². The van der Waals surface area contributed by atoms with Crippen molar-refractivity contribution in [2.24, 2.45) is 5.10 Å². The minimum atomic E-state index is -0.531. The van der Waals surface area contributed by atoms with Crippen molar-refractivity contribution in [2.45, 2.75) is 0 Å².